The Balaban J connectivity index is 2.39. The summed E-state index contributed by atoms with van der Waals surface area (Å²) in [7, 11) is 0. The van der Waals surface area contributed by atoms with Crippen molar-refractivity contribution in [2.45, 2.75) is 33.1 Å². The van der Waals surface area contributed by atoms with Gasteiger partial charge in [0.1, 0.15) is 5.82 Å². The minimum atomic E-state index is -0.472. The Morgan fingerprint density at radius 2 is 2.07 bits per heavy atom. The Morgan fingerprint density at radius 1 is 1.47 bits per heavy atom. The smallest absolute Gasteiger partial charge is 0.187 e. The fraction of sp³-hybridized carbons (Fsp3) is 0.600. The van der Waals surface area contributed by atoms with Crippen LogP contribution >= 0.6 is 0 Å². The monoisotopic (exact) mass is 210 g/mol. The normalized spacial score (nSPS) is 22.6. The summed E-state index contributed by atoms with van der Waals surface area (Å²) in [5, 5.41) is 0. The van der Waals surface area contributed by atoms with Gasteiger partial charge in [-0.2, -0.15) is 0 Å². The van der Waals surface area contributed by atoms with Crippen LogP contribution in [-0.2, 0) is 0 Å². The topological polar surface area (TPSA) is 63.8 Å². The lowest BCUT2D eigenvalue weighted by Crippen LogP contribution is -2.14. The number of aryl methyl sites for hydroxylation is 1. The molecule has 0 bridgehead atoms. The van der Waals surface area contributed by atoms with Crippen LogP contribution in [0.4, 0.5) is 10.2 Å². The van der Waals surface area contributed by atoms with E-state index >= 15 is 0 Å². The van der Waals surface area contributed by atoms with Crippen LogP contribution in [0.25, 0.3) is 0 Å². The number of anilines is 1. The third kappa shape index (κ3) is 1.67. The van der Waals surface area contributed by atoms with E-state index in [0.717, 1.165) is 6.42 Å². The highest BCUT2D eigenvalue weighted by Crippen LogP contribution is 2.57. The zero-order chi connectivity index (χ0) is 11.2. The first-order valence-electron chi connectivity index (χ1n) is 4.96. The van der Waals surface area contributed by atoms with E-state index in [4.69, 9.17) is 5.84 Å². The molecule has 1 aromatic rings. The number of halogens is 1. The fourth-order valence-electron chi connectivity index (χ4n) is 1.74. The highest BCUT2D eigenvalue weighted by atomic mass is 19.1. The molecule has 1 heterocycles. The Kier molecular flexibility index (Phi) is 2.15. The van der Waals surface area contributed by atoms with E-state index in [1.165, 1.54) is 0 Å². The number of nitrogens with two attached hydrogens (primary N) is 1. The van der Waals surface area contributed by atoms with Crippen LogP contribution in [0.1, 0.15) is 37.7 Å². The number of nitrogen functional groups attached to an aromatic ring is 1. The third-order valence-electron chi connectivity index (χ3n) is 3.00. The second kappa shape index (κ2) is 3.13. The Bertz CT molecular complexity index is 403. The Morgan fingerprint density at radius 3 is 2.53 bits per heavy atom. The minimum absolute atomic E-state index is 0.0835. The fourth-order valence-corrected chi connectivity index (χ4v) is 1.74. The molecule has 1 saturated carbocycles. The van der Waals surface area contributed by atoms with Gasteiger partial charge in [0.25, 0.3) is 0 Å². The van der Waals surface area contributed by atoms with Crippen LogP contribution in [0.2, 0.25) is 0 Å². The largest absolute Gasteiger partial charge is 0.306 e. The SMILES string of the molecule is Cc1nc(C2CC2(C)C)nc(NN)c1F. The van der Waals surface area contributed by atoms with Gasteiger partial charge in [-0.25, -0.2) is 20.2 Å². The van der Waals surface area contributed by atoms with Crippen LogP contribution in [0.3, 0.4) is 0 Å². The molecule has 1 fully saturated rings. The molecule has 3 N–H and O–H groups in total. The van der Waals surface area contributed by atoms with Crippen molar-refractivity contribution in [1.29, 1.82) is 0 Å². The van der Waals surface area contributed by atoms with Crippen molar-refractivity contribution in [3.8, 4) is 0 Å². The summed E-state index contributed by atoms with van der Waals surface area (Å²) in [5.41, 5.74) is 2.84. The molecule has 0 amide bonds. The summed E-state index contributed by atoms with van der Waals surface area (Å²) in [6.45, 7) is 5.92. The van der Waals surface area contributed by atoms with Crippen LogP contribution in [0.5, 0.6) is 0 Å². The molecule has 82 valence electrons. The summed E-state index contributed by atoms with van der Waals surface area (Å²) in [6, 6.07) is 0. The minimum Gasteiger partial charge on any atom is -0.306 e. The number of rotatable bonds is 2. The lowest BCUT2D eigenvalue weighted by Gasteiger charge is -2.08. The number of aromatic nitrogens is 2. The van der Waals surface area contributed by atoms with Crippen molar-refractivity contribution >= 4 is 5.82 Å². The maximum Gasteiger partial charge on any atom is 0.187 e. The van der Waals surface area contributed by atoms with E-state index in [1.54, 1.807) is 6.92 Å². The van der Waals surface area contributed by atoms with Crippen LogP contribution in [0.15, 0.2) is 0 Å². The Hall–Kier alpha value is -1.23. The molecule has 1 aromatic heterocycles. The molecule has 5 heteroatoms. The average Bonchev–Trinajstić information content (AvgIpc) is 2.80. The average molecular weight is 210 g/mol. The first-order chi connectivity index (χ1) is 6.95. The van der Waals surface area contributed by atoms with E-state index < -0.39 is 5.82 Å². The van der Waals surface area contributed by atoms with E-state index in [9.17, 15) is 4.39 Å². The molecule has 2 rings (SSSR count). The van der Waals surface area contributed by atoms with E-state index in [1.807, 2.05) is 0 Å². The molecule has 0 spiro atoms. The standard InChI is InChI=1S/C10H15FN4/c1-5-7(11)9(15-12)14-8(13-5)6-4-10(6,2)3/h6H,4,12H2,1-3H3,(H,13,14,15). The van der Waals surface area contributed by atoms with Gasteiger partial charge in [0.05, 0.1) is 5.69 Å². The quantitative estimate of drug-likeness (QED) is 0.576. The molecule has 1 unspecified atom stereocenters. The number of nitrogens with zero attached hydrogens (tertiary/aromatic N) is 2. The maximum absolute atomic E-state index is 13.4. The number of hydrogen-bond donors (Lipinski definition) is 2. The van der Waals surface area contributed by atoms with Crippen molar-refractivity contribution in [1.82, 2.24) is 9.97 Å². The van der Waals surface area contributed by atoms with Crippen molar-refractivity contribution in [3.05, 3.63) is 17.3 Å². The van der Waals surface area contributed by atoms with Crippen molar-refractivity contribution < 1.29 is 4.39 Å². The first kappa shape index (κ1) is 10.3. The predicted octanol–water partition coefficient (Wildman–Crippen LogP) is 1.72. The summed E-state index contributed by atoms with van der Waals surface area (Å²) in [5.74, 6) is 5.82. The molecule has 4 nitrogen and oxygen atoms in total. The van der Waals surface area contributed by atoms with Gasteiger partial charge in [-0.05, 0) is 18.8 Å². The summed E-state index contributed by atoms with van der Waals surface area (Å²) in [6.07, 6.45) is 1.04. The summed E-state index contributed by atoms with van der Waals surface area (Å²) < 4.78 is 13.4. The van der Waals surface area contributed by atoms with E-state index in [2.05, 4.69) is 29.2 Å². The van der Waals surface area contributed by atoms with Gasteiger partial charge in [-0.1, -0.05) is 13.8 Å². The van der Waals surface area contributed by atoms with Gasteiger partial charge >= 0.3 is 0 Å². The molecule has 0 radical (unpaired) electrons. The van der Waals surface area contributed by atoms with Crippen molar-refractivity contribution in [2.24, 2.45) is 11.3 Å². The second-order valence-electron chi connectivity index (χ2n) is 4.72. The van der Waals surface area contributed by atoms with Crippen molar-refractivity contribution in [2.75, 3.05) is 5.43 Å². The van der Waals surface area contributed by atoms with E-state index in [-0.39, 0.29) is 11.2 Å². The lowest BCUT2D eigenvalue weighted by atomic mass is 10.1. The lowest BCUT2D eigenvalue weighted by molar-refractivity contribution is 0.581. The molecular weight excluding hydrogens is 195 g/mol. The second-order valence-corrected chi connectivity index (χ2v) is 4.72. The highest BCUT2D eigenvalue weighted by molar-refractivity contribution is 5.38. The summed E-state index contributed by atoms with van der Waals surface area (Å²) in [4.78, 5) is 8.24. The van der Waals surface area contributed by atoms with Crippen LogP contribution < -0.4 is 11.3 Å². The molecule has 0 aromatic carbocycles. The Labute approximate surface area is 88.1 Å². The molecule has 15 heavy (non-hydrogen) atoms. The number of nitrogens with one attached hydrogen (secondary N) is 1. The molecule has 0 saturated heterocycles. The predicted molar refractivity (Wildman–Crippen MR) is 55.7 cm³/mol. The number of hydrogen-bond acceptors (Lipinski definition) is 4. The van der Waals surface area contributed by atoms with Gasteiger partial charge in [-0.15, -0.1) is 0 Å². The highest BCUT2D eigenvalue weighted by Gasteiger charge is 2.48. The molecule has 1 aliphatic rings. The molecule has 1 aliphatic carbocycles. The number of hydrazine groups is 1. The van der Waals surface area contributed by atoms with Gasteiger partial charge in [-0.3, -0.25) is 0 Å². The zero-order valence-corrected chi connectivity index (χ0v) is 9.13. The molecular formula is C10H15FN4. The van der Waals surface area contributed by atoms with Crippen LogP contribution in [0, 0.1) is 18.2 Å². The van der Waals surface area contributed by atoms with Gasteiger partial charge in [0.15, 0.2) is 11.6 Å². The molecule has 1 atom stereocenters. The zero-order valence-electron chi connectivity index (χ0n) is 9.13. The molecule has 0 aliphatic heterocycles. The van der Waals surface area contributed by atoms with Gasteiger partial charge < -0.3 is 5.43 Å². The van der Waals surface area contributed by atoms with Crippen LogP contribution in [-0.4, -0.2) is 9.97 Å². The van der Waals surface area contributed by atoms with Crippen molar-refractivity contribution in [3.63, 3.8) is 0 Å². The van der Waals surface area contributed by atoms with E-state index in [0.29, 0.717) is 17.4 Å². The first-order valence-corrected chi connectivity index (χ1v) is 4.96. The summed E-state index contributed by atoms with van der Waals surface area (Å²) >= 11 is 0. The van der Waals surface area contributed by atoms with Gasteiger partial charge in [0, 0.05) is 5.92 Å². The van der Waals surface area contributed by atoms with Gasteiger partial charge in [0.2, 0.25) is 0 Å². The third-order valence-corrected chi connectivity index (χ3v) is 3.00. The maximum atomic E-state index is 13.4.